The van der Waals surface area contributed by atoms with E-state index in [0.717, 1.165) is 24.4 Å². The van der Waals surface area contributed by atoms with E-state index >= 15 is 0 Å². The number of fused-ring (bicyclic) bond motifs is 2. The molecule has 3 rings (SSSR count). The molecule has 0 aromatic carbocycles. The molecule has 0 radical (unpaired) electrons. The molecule has 2 bridgehead atoms. The second kappa shape index (κ2) is 4.04. The number of hydrogen-bond donors (Lipinski definition) is 0. The lowest BCUT2D eigenvalue weighted by Crippen LogP contribution is -2.52. The lowest BCUT2D eigenvalue weighted by molar-refractivity contribution is -0.109. The fraction of sp³-hybridized carbons (Fsp3) is 0.923. The highest BCUT2D eigenvalue weighted by atomic mass is 32.1. The highest BCUT2D eigenvalue weighted by molar-refractivity contribution is 7.80. The largest absolute Gasteiger partial charge is 0.487 e. The molecule has 0 heterocycles. The molecule has 1 nitrogen and oxygen atoms in total. The van der Waals surface area contributed by atoms with Crippen LogP contribution >= 0.6 is 12.2 Å². The molecule has 3 saturated carbocycles. The third-order valence-electron chi connectivity index (χ3n) is 4.80. The summed E-state index contributed by atoms with van der Waals surface area (Å²) in [6, 6.07) is 0. The lowest BCUT2D eigenvalue weighted by Gasteiger charge is -2.60. The van der Waals surface area contributed by atoms with Crippen LogP contribution in [0.25, 0.3) is 0 Å². The predicted molar refractivity (Wildman–Crippen MR) is 66.9 cm³/mol. The van der Waals surface area contributed by atoms with Crippen LogP contribution in [0.4, 0.5) is 0 Å². The minimum atomic E-state index is 0.607. The molecule has 15 heavy (non-hydrogen) atoms. The van der Waals surface area contributed by atoms with Gasteiger partial charge in [0.25, 0.3) is 0 Å². The van der Waals surface area contributed by atoms with Gasteiger partial charge in [-0.25, -0.2) is 0 Å². The van der Waals surface area contributed by atoms with Gasteiger partial charge in [0.15, 0.2) is 5.05 Å². The van der Waals surface area contributed by atoms with E-state index in [0.29, 0.717) is 10.5 Å². The quantitative estimate of drug-likeness (QED) is 0.677. The van der Waals surface area contributed by atoms with Crippen LogP contribution in [-0.4, -0.2) is 11.7 Å². The van der Waals surface area contributed by atoms with Gasteiger partial charge in [-0.05, 0) is 61.1 Å². The molecule has 0 unspecified atom stereocenters. The van der Waals surface area contributed by atoms with Crippen LogP contribution in [-0.2, 0) is 4.74 Å². The maximum Gasteiger partial charge on any atom is 0.156 e. The Morgan fingerprint density at radius 2 is 2.13 bits per heavy atom. The van der Waals surface area contributed by atoms with Crippen molar-refractivity contribution in [2.45, 2.75) is 46.5 Å². The van der Waals surface area contributed by atoms with Crippen LogP contribution in [0.5, 0.6) is 0 Å². The Morgan fingerprint density at radius 3 is 2.67 bits per heavy atom. The first-order valence-corrected chi connectivity index (χ1v) is 6.56. The van der Waals surface area contributed by atoms with Crippen LogP contribution in [0.1, 0.15) is 46.5 Å². The summed E-state index contributed by atoms with van der Waals surface area (Å²) in [4.78, 5) is 0. The number of hydrogen-bond acceptors (Lipinski definition) is 2. The van der Waals surface area contributed by atoms with Crippen molar-refractivity contribution >= 4 is 17.3 Å². The number of rotatable bonds is 3. The van der Waals surface area contributed by atoms with Gasteiger partial charge in [0.05, 0.1) is 6.61 Å². The van der Waals surface area contributed by atoms with E-state index < -0.39 is 0 Å². The van der Waals surface area contributed by atoms with Gasteiger partial charge in [-0.2, -0.15) is 0 Å². The average molecular weight is 226 g/mol. The molecular weight excluding hydrogens is 204 g/mol. The predicted octanol–water partition coefficient (Wildman–Crippen LogP) is 3.81. The Bertz CT molecular complexity index is 257. The summed E-state index contributed by atoms with van der Waals surface area (Å²) in [6.07, 6.45) is 5.52. The molecule has 0 N–H and O–H groups in total. The minimum absolute atomic E-state index is 0.607. The first-order chi connectivity index (χ1) is 7.01. The zero-order valence-electron chi connectivity index (χ0n) is 10.1. The summed E-state index contributed by atoms with van der Waals surface area (Å²) in [6.45, 7) is 7.59. The molecule has 0 aromatic heterocycles. The van der Waals surface area contributed by atoms with E-state index in [1.54, 1.807) is 0 Å². The fourth-order valence-electron chi connectivity index (χ4n) is 3.66. The van der Waals surface area contributed by atoms with Crippen LogP contribution in [0.3, 0.4) is 0 Å². The van der Waals surface area contributed by atoms with Crippen LogP contribution in [0.15, 0.2) is 0 Å². The molecular formula is C13H22OS. The van der Waals surface area contributed by atoms with Gasteiger partial charge in [-0.3, -0.25) is 0 Å². The highest BCUT2D eigenvalue weighted by Gasteiger charge is 2.53. The standard InChI is InChI=1S/C13H22OS/c1-9(15)14-7-6-10-4-5-11-8-12(10)13(11,2)3/h10-12H,4-8H2,1-3H3/t10-,11-,12-/m0/s1. The average Bonchev–Trinajstić information content (AvgIpc) is 2.17. The Kier molecular flexibility index (Phi) is 3.07. The molecule has 86 valence electrons. The van der Waals surface area contributed by atoms with Gasteiger partial charge >= 0.3 is 0 Å². The van der Waals surface area contributed by atoms with E-state index in [1.807, 2.05) is 6.92 Å². The molecule has 0 saturated heterocycles. The SMILES string of the molecule is CC(=S)OCC[C@@H]1CC[C@H]2C[C@@H]1C2(C)C. The van der Waals surface area contributed by atoms with Crippen molar-refractivity contribution in [1.29, 1.82) is 0 Å². The summed E-state index contributed by atoms with van der Waals surface area (Å²) < 4.78 is 5.41. The molecule has 3 aliphatic rings. The van der Waals surface area contributed by atoms with E-state index in [9.17, 15) is 0 Å². The Hall–Kier alpha value is -0.110. The molecule has 3 atom stereocenters. The van der Waals surface area contributed by atoms with Gasteiger partial charge < -0.3 is 4.74 Å². The summed E-state index contributed by atoms with van der Waals surface area (Å²) in [7, 11) is 0. The zero-order chi connectivity index (χ0) is 11.1. The summed E-state index contributed by atoms with van der Waals surface area (Å²) in [5.41, 5.74) is 0.607. The zero-order valence-corrected chi connectivity index (χ0v) is 10.9. The Morgan fingerprint density at radius 1 is 1.40 bits per heavy atom. The number of thiocarbonyl (C=S) groups is 1. The van der Waals surface area contributed by atoms with Crippen molar-refractivity contribution in [3.05, 3.63) is 0 Å². The molecule has 3 fully saturated rings. The van der Waals surface area contributed by atoms with Gasteiger partial charge in [0.1, 0.15) is 0 Å². The first-order valence-electron chi connectivity index (χ1n) is 6.15. The maximum atomic E-state index is 5.41. The maximum absolute atomic E-state index is 5.41. The Balaban J connectivity index is 1.81. The highest BCUT2D eigenvalue weighted by Crippen LogP contribution is 2.61. The van der Waals surface area contributed by atoms with Crippen LogP contribution in [0, 0.1) is 23.2 Å². The molecule has 0 amide bonds. The smallest absolute Gasteiger partial charge is 0.156 e. The van der Waals surface area contributed by atoms with Crippen molar-refractivity contribution in [2.75, 3.05) is 6.61 Å². The molecule has 0 aliphatic heterocycles. The fourth-order valence-corrected chi connectivity index (χ4v) is 3.75. The lowest BCUT2D eigenvalue weighted by atomic mass is 9.45. The molecule has 3 aliphatic carbocycles. The van der Waals surface area contributed by atoms with Crippen molar-refractivity contribution in [2.24, 2.45) is 23.2 Å². The van der Waals surface area contributed by atoms with Crippen molar-refractivity contribution in [1.82, 2.24) is 0 Å². The van der Waals surface area contributed by atoms with Gasteiger partial charge in [-0.15, -0.1) is 0 Å². The summed E-state index contributed by atoms with van der Waals surface area (Å²) in [5.74, 6) is 2.84. The third-order valence-corrected chi connectivity index (χ3v) is 4.91. The molecule has 2 heteroatoms. The first kappa shape index (κ1) is 11.4. The van der Waals surface area contributed by atoms with Crippen LogP contribution in [0.2, 0.25) is 0 Å². The van der Waals surface area contributed by atoms with Crippen LogP contribution < -0.4 is 0 Å². The van der Waals surface area contributed by atoms with Crippen molar-refractivity contribution in [3.63, 3.8) is 0 Å². The van der Waals surface area contributed by atoms with Crippen molar-refractivity contribution < 1.29 is 4.74 Å². The normalized spacial score (nSPS) is 36.9. The summed E-state index contributed by atoms with van der Waals surface area (Å²) >= 11 is 4.92. The van der Waals surface area contributed by atoms with E-state index in [-0.39, 0.29) is 0 Å². The summed E-state index contributed by atoms with van der Waals surface area (Å²) in [5, 5.41) is 0.691. The minimum Gasteiger partial charge on any atom is -0.487 e. The van der Waals surface area contributed by atoms with Gasteiger partial charge in [0, 0.05) is 6.92 Å². The second-order valence-corrected chi connectivity index (χ2v) is 6.40. The van der Waals surface area contributed by atoms with E-state index in [2.05, 4.69) is 13.8 Å². The molecule has 0 spiro atoms. The third kappa shape index (κ3) is 2.06. The molecule has 0 aromatic rings. The second-order valence-electron chi connectivity index (χ2n) is 5.83. The van der Waals surface area contributed by atoms with E-state index in [4.69, 9.17) is 17.0 Å². The Labute approximate surface area is 98.6 Å². The van der Waals surface area contributed by atoms with E-state index in [1.165, 1.54) is 25.7 Å². The van der Waals surface area contributed by atoms with Gasteiger partial charge in [0.2, 0.25) is 0 Å². The van der Waals surface area contributed by atoms with Crippen molar-refractivity contribution in [3.8, 4) is 0 Å². The van der Waals surface area contributed by atoms with Gasteiger partial charge in [-0.1, -0.05) is 13.8 Å². The topological polar surface area (TPSA) is 9.23 Å². The monoisotopic (exact) mass is 226 g/mol. The number of ether oxygens (including phenoxy) is 1.